The molecule has 0 bridgehead atoms. The second-order valence-electron chi connectivity index (χ2n) is 4.76. The number of benzene rings is 1. The highest BCUT2D eigenvalue weighted by molar-refractivity contribution is 14.1. The molecular formula is C14H20INO. The zero-order chi connectivity index (χ0) is 12.1. The lowest BCUT2D eigenvalue weighted by Crippen LogP contribution is -2.39. The van der Waals surface area contributed by atoms with Crippen LogP contribution in [0.2, 0.25) is 0 Å². The summed E-state index contributed by atoms with van der Waals surface area (Å²) in [7, 11) is 0. The minimum Gasteiger partial charge on any atom is -0.396 e. The van der Waals surface area contributed by atoms with Crippen LogP contribution in [0, 0.1) is 3.57 Å². The zero-order valence-corrected chi connectivity index (χ0v) is 12.3. The van der Waals surface area contributed by atoms with Crippen LogP contribution in [-0.4, -0.2) is 29.2 Å². The Kier molecular flexibility index (Phi) is 5.25. The number of rotatable bonds is 4. The van der Waals surface area contributed by atoms with Crippen LogP contribution >= 0.6 is 22.6 Å². The molecule has 94 valence electrons. The number of hydrogen-bond donors (Lipinski definition) is 1. The predicted octanol–water partition coefficient (Wildman–Crippen LogP) is 3.03. The third kappa shape index (κ3) is 3.93. The molecule has 0 amide bonds. The van der Waals surface area contributed by atoms with E-state index in [-0.39, 0.29) is 0 Å². The van der Waals surface area contributed by atoms with Gasteiger partial charge in [0.25, 0.3) is 0 Å². The highest BCUT2D eigenvalue weighted by Gasteiger charge is 2.21. The van der Waals surface area contributed by atoms with E-state index in [2.05, 4.69) is 51.8 Å². The lowest BCUT2D eigenvalue weighted by atomic mass is 9.99. The highest BCUT2D eigenvalue weighted by atomic mass is 127. The Morgan fingerprint density at radius 1 is 1.24 bits per heavy atom. The van der Waals surface area contributed by atoms with Crippen LogP contribution in [0.15, 0.2) is 24.3 Å². The summed E-state index contributed by atoms with van der Waals surface area (Å²) < 4.78 is 1.29. The molecule has 0 aliphatic carbocycles. The van der Waals surface area contributed by atoms with Gasteiger partial charge in [0.2, 0.25) is 0 Å². The van der Waals surface area contributed by atoms with Crippen molar-refractivity contribution >= 4 is 22.6 Å². The van der Waals surface area contributed by atoms with Crippen molar-refractivity contribution in [3.05, 3.63) is 33.4 Å². The number of hydrogen-bond acceptors (Lipinski definition) is 2. The monoisotopic (exact) mass is 345 g/mol. The lowest BCUT2D eigenvalue weighted by molar-refractivity contribution is 0.112. The van der Waals surface area contributed by atoms with Crippen molar-refractivity contribution in [2.24, 2.45) is 0 Å². The van der Waals surface area contributed by atoms with E-state index in [1.165, 1.54) is 34.9 Å². The molecule has 2 nitrogen and oxygen atoms in total. The second-order valence-corrected chi connectivity index (χ2v) is 6.00. The molecule has 17 heavy (non-hydrogen) atoms. The van der Waals surface area contributed by atoms with Crippen molar-refractivity contribution in [1.29, 1.82) is 0 Å². The third-order valence-corrected chi connectivity index (χ3v) is 4.23. The van der Waals surface area contributed by atoms with Gasteiger partial charge in [-0.05, 0) is 66.1 Å². The molecule has 1 fully saturated rings. The summed E-state index contributed by atoms with van der Waals surface area (Å²) in [6.07, 6.45) is 4.77. The van der Waals surface area contributed by atoms with Gasteiger partial charge in [-0.15, -0.1) is 0 Å². The first-order valence-corrected chi connectivity index (χ1v) is 7.47. The Hall–Kier alpha value is -0.130. The Morgan fingerprint density at radius 3 is 2.71 bits per heavy atom. The molecule has 1 saturated heterocycles. The van der Waals surface area contributed by atoms with E-state index < -0.39 is 0 Å². The van der Waals surface area contributed by atoms with E-state index in [1.807, 2.05) is 0 Å². The van der Waals surface area contributed by atoms with Crippen LogP contribution < -0.4 is 0 Å². The van der Waals surface area contributed by atoms with Crippen molar-refractivity contribution in [3.63, 3.8) is 0 Å². The minimum absolute atomic E-state index is 0.313. The molecule has 1 atom stereocenters. The van der Waals surface area contributed by atoms with E-state index in [1.54, 1.807) is 0 Å². The molecule has 1 heterocycles. The van der Waals surface area contributed by atoms with Gasteiger partial charge in [-0.2, -0.15) is 0 Å². The van der Waals surface area contributed by atoms with Gasteiger partial charge in [-0.3, -0.25) is 4.90 Å². The van der Waals surface area contributed by atoms with Crippen LogP contribution in [0.5, 0.6) is 0 Å². The molecule has 0 radical (unpaired) electrons. The maximum absolute atomic E-state index is 9.11. The van der Waals surface area contributed by atoms with Gasteiger partial charge in [0, 0.05) is 22.8 Å². The van der Waals surface area contributed by atoms with E-state index in [9.17, 15) is 0 Å². The maximum Gasteiger partial charge on any atom is 0.0445 e. The van der Waals surface area contributed by atoms with Crippen LogP contribution in [0.3, 0.4) is 0 Å². The average Bonchev–Trinajstić information content (AvgIpc) is 2.35. The van der Waals surface area contributed by atoms with E-state index in [0.29, 0.717) is 12.6 Å². The van der Waals surface area contributed by atoms with Crippen LogP contribution in [0.4, 0.5) is 0 Å². The SMILES string of the molecule is OCCC1CCCCN1Cc1ccc(I)cc1. The Labute approximate surface area is 117 Å². The molecule has 1 aromatic rings. The van der Waals surface area contributed by atoms with Crippen LogP contribution in [0.1, 0.15) is 31.2 Å². The van der Waals surface area contributed by atoms with Gasteiger partial charge in [0.1, 0.15) is 0 Å². The topological polar surface area (TPSA) is 23.5 Å². The van der Waals surface area contributed by atoms with Gasteiger partial charge < -0.3 is 5.11 Å². The Morgan fingerprint density at radius 2 is 2.00 bits per heavy atom. The van der Waals surface area contributed by atoms with E-state index in [4.69, 9.17) is 5.11 Å². The van der Waals surface area contributed by atoms with Crippen molar-refractivity contribution in [2.45, 2.75) is 38.3 Å². The summed E-state index contributed by atoms with van der Waals surface area (Å²) in [5.74, 6) is 0. The highest BCUT2D eigenvalue weighted by Crippen LogP contribution is 2.22. The smallest absolute Gasteiger partial charge is 0.0445 e. The number of piperidine rings is 1. The third-order valence-electron chi connectivity index (χ3n) is 3.51. The number of aliphatic hydroxyl groups excluding tert-OH is 1. The summed E-state index contributed by atoms with van der Waals surface area (Å²) in [5, 5.41) is 9.11. The molecule has 0 aromatic heterocycles. The maximum atomic E-state index is 9.11. The van der Waals surface area contributed by atoms with E-state index >= 15 is 0 Å². The molecule has 1 aliphatic rings. The molecule has 1 aromatic carbocycles. The largest absolute Gasteiger partial charge is 0.396 e. The first-order chi connectivity index (χ1) is 8.29. The van der Waals surface area contributed by atoms with Gasteiger partial charge in [-0.25, -0.2) is 0 Å². The normalized spacial score (nSPS) is 21.6. The van der Waals surface area contributed by atoms with Crippen molar-refractivity contribution in [1.82, 2.24) is 4.90 Å². The van der Waals surface area contributed by atoms with Gasteiger partial charge in [0.05, 0.1) is 0 Å². The van der Waals surface area contributed by atoms with E-state index in [0.717, 1.165) is 13.0 Å². The van der Waals surface area contributed by atoms with Crippen molar-refractivity contribution < 1.29 is 5.11 Å². The molecule has 2 rings (SSSR count). The van der Waals surface area contributed by atoms with Gasteiger partial charge in [-0.1, -0.05) is 18.6 Å². The van der Waals surface area contributed by atoms with Crippen molar-refractivity contribution in [2.75, 3.05) is 13.2 Å². The summed E-state index contributed by atoms with van der Waals surface area (Å²) in [5.41, 5.74) is 1.38. The van der Waals surface area contributed by atoms with Crippen molar-refractivity contribution in [3.8, 4) is 0 Å². The molecule has 1 N–H and O–H groups in total. The molecule has 0 saturated carbocycles. The standard InChI is InChI=1S/C14H20INO/c15-13-6-4-12(5-7-13)11-16-9-2-1-3-14(16)8-10-17/h4-7,14,17H,1-3,8-11H2. The Balaban J connectivity index is 1.97. The number of aliphatic hydroxyl groups is 1. The van der Waals surface area contributed by atoms with Gasteiger partial charge in [0.15, 0.2) is 0 Å². The number of likely N-dealkylation sites (tertiary alicyclic amines) is 1. The molecular weight excluding hydrogens is 325 g/mol. The summed E-state index contributed by atoms with van der Waals surface area (Å²) >= 11 is 2.34. The number of nitrogens with zero attached hydrogens (tertiary/aromatic N) is 1. The summed E-state index contributed by atoms with van der Waals surface area (Å²) in [6.45, 7) is 2.52. The number of halogens is 1. The van der Waals surface area contributed by atoms with Crippen LogP contribution in [0.25, 0.3) is 0 Å². The fourth-order valence-corrected chi connectivity index (χ4v) is 2.93. The first kappa shape index (κ1) is 13.3. The summed E-state index contributed by atoms with van der Waals surface area (Å²) in [6, 6.07) is 9.34. The quantitative estimate of drug-likeness (QED) is 0.848. The van der Waals surface area contributed by atoms with Crippen LogP contribution in [-0.2, 0) is 6.54 Å². The fourth-order valence-electron chi connectivity index (χ4n) is 2.57. The first-order valence-electron chi connectivity index (χ1n) is 6.39. The minimum atomic E-state index is 0.313. The second kappa shape index (κ2) is 6.71. The summed E-state index contributed by atoms with van der Waals surface area (Å²) in [4.78, 5) is 2.53. The molecule has 3 heteroatoms. The molecule has 0 spiro atoms. The molecule has 1 aliphatic heterocycles. The predicted molar refractivity (Wildman–Crippen MR) is 78.9 cm³/mol. The fraction of sp³-hybridized carbons (Fsp3) is 0.571. The molecule has 1 unspecified atom stereocenters. The van der Waals surface area contributed by atoms with Gasteiger partial charge >= 0.3 is 0 Å². The zero-order valence-electron chi connectivity index (χ0n) is 10.1. The lowest BCUT2D eigenvalue weighted by Gasteiger charge is -2.35. The Bertz CT molecular complexity index is 337. The average molecular weight is 345 g/mol.